The number of primary amides is 1. The summed E-state index contributed by atoms with van der Waals surface area (Å²) >= 11 is 7.66. The number of rotatable bonds is 7. The number of aromatic nitrogens is 4. The van der Waals surface area contributed by atoms with Gasteiger partial charge in [-0.3, -0.25) is 19.6 Å². The molecule has 0 spiro atoms. The Kier molecular flexibility index (Phi) is 6.19. The molecule has 10 heteroatoms. The van der Waals surface area contributed by atoms with Crippen LogP contribution in [0.4, 0.5) is 5.13 Å². The normalized spacial score (nSPS) is 11.5. The summed E-state index contributed by atoms with van der Waals surface area (Å²) in [6.07, 6.45) is 4.69. The average Bonchev–Trinajstić information content (AvgIpc) is 3.34. The second-order valence-corrected chi connectivity index (χ2v) is 8.11. The molecule has 0 unspecified atom stereocenters. The van der Waals surface area contributed by atoms with Crippen LogP contribution in [0.15, 0.2) is 23.7 Å². The van der Waals surface area contributed by atoms with Crippen molar-refractivity contribution in [2.75, 3.05) is 5.32 Å². The summed E-state index contributed by atoms with van der Waals surface area (Å²) in [6.45, 7) is 6.73. The second kappa shape index (κ2) is 8.62. The molecule has 0 radical (unpaired) electrons. The molecule has 152 valence electrons. The average molecular weight is 433 g/mol. The molecule has 29 heavy (non-hydrogen) atoms. The number of halogens is 1. The van der Waals surface area contributed by atoms with Crippen LogP contribution in [0, 0.1) is 12.8 Å². The molecular weight excluding hydrogens is 412 g/mol. The maximum absolute atomic E-state index is 12.3. The fraction of sp³-hybridized carbons (Fsp3) is 0.263. The van der Waals surface area contributed by atoms with Gasteiger partial charge in [0.2, 0.25) is 5.91 Å². The van der Waals surface area contributed by atoms with Crippen molar-refractivity contribution >= 4 is 46.0 Å². The predicted octanol–water partition coefficient (Wildman–Crippen LogP) is 3.70. The van der Waals surface area contributed by atoms with Gasteiger partial charge in [0.05, 0.1) is 11.4 Å². The van der Waals surface area contributed by atoms with Crippen LogP contribution >= 0.6 is 22.9 Å². The van der Waals surface area contributed by atoms with E-state index in [-0.39, 0.29) is 5.91 Å². The van der Waals surface area contributed by atoms with E-state index in [0.29, 0.717) is 45.3 Å². The Bertz CT molecular complexity index is 1080. The van der Waals surface area contributed by atoms with Crippen LogP contribution in [0.1, 0.15) is 35.6 Å². The van der Waals surface area contributed by atoms with E-state index in [4.69, 9.17) is 17.3 Å². The van der Waals surface area contributed by atoms with E-state index in [2.05, 4.69) is 34.2 Å². The highest BCUT2D eigenvalue weighted by molar-refractivity contribution is 7.14. The van der Waals surface area contributed by atoms with Crippen molar-refractivity contribution in [2.24, 2.45) is 11.7 Å². The Balaban J connectivity index is 1.68. The first-order valence-electron chi connectivity index (χ1n) is 8.90. The predicted molar refractivity (Wildman–Crippen MR) is 115 cm³/mol. The lowest BCUT2D eigenvalue weighted by Crippen LogP contribution is -2.10. The van der Waals surface area contributed by atoms with Gasteiger partial charge >= 0.3 is 0 Å². The van der Waals surface area contributed by atoms with Crippen molar-refractivity contribution in [3.05, 3.63) is 45.8 Å². The van der Waals surface area contributed by atoms with E-state index in [1.807, 2.05) is 6.92 Å². The zero-order chi connectivity index (χ0) is 21.1. The first-order valence-corrected chi connectivity index (χ1v) is 10.2. The molecule has 0 fully saturated rings. The highest BCUT2D eigenvalue weighted by Gasteiger charge is 2.13. The number of nitrogens with one attached hydrogen (secondary N) is 2. The zero-order valence-electron chi connectivity index (χ0n) is 16.2. The fourth-order valence-electron chi connectivity index (χ4n) is 2.68. The van der Waals surface area contributed by atoms with Gasteiger partial charge in [-0.05, 0) is 25.0 Å². The maximum atomic E-state index is 12.3. The molecule has 0 aliphatic heterocycles. The van der Waals surface area contributed by atoms with Gasteiger partial charge in [-0.1, -0.05) is 25.4 Å². The highest BCUT2D eigenvalue weighted by atomic mass is 35.5. The maximum Gasteiger partial charge on any atom is 0.265 e. The Morgan fingerprint density at radius 3 is 2.86 bits per heavy atom. The molecule has 3 rings (SSSR count). The van der Waals surface area contributed by atoms with E-state index < -0.39 is 5.91 Å². The van der Waals surface area contributed by atoms with Gasteiger partial charge in [-0.2, -0.15) is 5.10 Å². The van der Waals surface area contributed by atoms with E-state index in [0.717, 1.165) is 5.69 Å². The molecule has 0 aliphatic rings. The van der Waals surface area contributed by atoms with Crippen molar-refractivity contribution < 1.29 is 9.59 Å². The van der Waals surface area contributed by atoms with Crippen LogP contribution in [-0.2, 0) is 11.3 Å². The molecule has 3 aromatic rings. The van der Waals surface area contributed by atoms with Crippen LogP contribution in [-0.4, -0.2) is 31.6 Å². The Morgan fingerprint density at radius 1 is 1.45 bits per heavy atom. The third kappa shape index (κ3) is 4.93. The molecule has 8 nitrogen and oxygen atoms in total. The van der Waals surface area contributed by atoms with Crippen molar-refractivity contribution in [3.63, 3.8) is 0 Å². The summed E-state index contributed by atoms with van der Waals surface area (Å²) in [6, 6.07) is 1.61. The number of nitrogens with zero attached hydrogens (tertiary/aromatic N) is 3. The summed E-state index contributed by atoms with van der Waals surface area (Å²) in [5.41, 5.74) is 8.35. The topological polar surface area (TPSA) is 119 Å². The molecule has 0 saturated heterocycles. The summed E-state index contributed by atoms with van der Waals surface area (Å²) in [5.74, 6) is -0.467. The first kappa shape index (κ1) is 20.8. The van der Waals surface area contributed by atoms with Crippen LogP contribution in [0.5, 0.6) is 0 Å². The molecule has 3 aromatic heterocycles. The number of hydrogen-bond acceptors (Lipinski definition) is 5. The van der Waals surface area contributed by atoms with E-state index >= 15 is 0 Å². The number of carbonyl (C=O) groups is 2. The van der Waals surface area contributed by atoms with Crippen molar-refractivity contribution in [2.45, 2.75) is 27.3 Å². The van der Waals surface area contributed by atoms with E-state index in [9.17, 15) is 9.59 Å². The highest BCUT2D eigenvalue weighted by Crippen LogP contribution is 2.26. The number of hydrogen-bond donors (Lipinski definition) is 3. The molecule has 2 amide bonds. The lowest BCUT2D eigenvalue weighted by molar-refractivity contribution is -0.111. The minimum atomic E-state index is -0.546. The monoisotopic (exact) mass is 432 g/mol. The number of aromatic amines is 1. The van der Waals surface area contributed by atoms with Gasteiger partial charge < -0.3 is 10.7 Å². The number of carbonyl (C=O) groups excluding carboxylic acids is 2. The van der Waals surface area contributed by atoms with E-state index in [1.165, 1.54) is 17.4 Å². The van der Waals surface area contributed by atoms with Crippen molar-refractivity contribution in [3.8, 4) is 11.3 Å². The Morgan fingerprint density at radius 2 is 2.21 bits per heavy atom. The zero-order valence-corrected chi connectivity index (χ0v) is 17.8. The number of H-pyrrole nitrogens is 1. The lowest BCUT2D eigenvalue weighted by Gasteiger charge is -2.05. The molecule has 0 aromatic carbocycles. The van der Waals surface area contributed by atoms with Crippen LogP contribution in [0.2, 0.25) is 5.15 Å². The molecular formula is C19H21ClN6O2S. The van der Waals surface area contributed by atoms with Crippen LogP contribution in [0.3, 0.4) is 0 Å². The number of aryl methyl sites for hydroxylation is 1. The van der Waals surface area contributed by atoms with Gasteiger partial charge in [-0.15, -0.1) is 11.3 Å². The minimum absolute atomic E-state index is 0.298. The summed E-state index contributed by atoms with van der Waals surface area (Å²) in [5, 5.41) is 9.87. The summed E-state index contributed by atoms with van der Waals surface area (Å²) < 4.78 is 1.74. The standard InChI is InChI=1S/C19H21ClN6O2S/c1-10(2)8-26-17(20)13(11(3)25-26)4-5-16(27)24-19-23-15(9-29-19)12-6-14(18(21)28)22-7-12/h4-7,9-10,22H,8H2,1-3H3,(H2,21,28)(H,23,24,27)/b5-4+. The molecule has 3 heterocycles. The van der Waals surface area contributed by atoms with Gasteiger partial charge in [0, 0.05) is 35.3 Å². The van der Waals surface area contributed by atoms with Crippen LogP contribution in [0.25, 0.3) is 17.3 Å². The van der Waals surface area contributed by atoms with Gasteiger partial charge in [0.15, 0.2) is 5.13 Å². The third-order valence-corrected chi connectivity index (χ3v) is 5.18. The third-order valence-electron chi connectivity index (χ3n) is 4.03. The molecule has 4 N–H and O–H groups in total. The largest absolute Gasteiger partial charge is 0.364 e. The number of anilines is 1. The quantitative estimate of drug-likeness (QED) is 0.493. The molecule has 0 bridgehead atoms. The van der Waals surface area contributed by atoms with Gasteiger partial charge in [0.1, 0.15) is 10.8 Å². The molecule has 0 aliphatic carbocycles. The fourth-order valence-corrected chi connectivity index (χ4v) is 3.71. The summed E-state index contributed by atoms with van der Waals surface area (Å²) in [7, 11) is 0. The first-order chi connectivity index (χ1) is 13.7. The SMILES string of the molecule is Cc1nn(CC(C)C)c(Cl)c1/C=C/C(=O)Nc1nc(-c2c[nH]c(C(N)=O)c2)cs1. The number of amides is 2. The van der Waals surface area contributed by atoms with Gasteiger partial charge in [-0.25, -0.2) is 4.98 Å². The van der Waals surface area contributed by atoms with E-state index in [1.54, 1.807) is 28.4 Å². The van der Waals surface area contributed by atoms with Crippen molar-refractivity contribution in [1.29, 1.82) is 0 Å². The smallest absolute Gasteiger partial charge is 0.265 e. The summed E-state index contributed by atoms with van der Waals surface area (Å²) in [4.78, 5) is 30.6. The Labute approximate surface area is 176 Å². The minimum Gasteiger partial charge on any atom is -0.364 e. The molecule has 0 atom stereocenters. The van der Waals surface area contributed by atoms with Crippen LogP contribution < -0.4 is 11.1 Å². The number of nitrogens with two attached hydrogens (primary N) is 1. The van der Waals surface area contributed by atoms with Gasteiger partial charge in [0.25, 0.3) is 5.91 Å². The second-order valence-electron chi connectivity index (χ2n) is 6.89. The molecule has 0 saturated carbocycles. The van der Waals surface area contributed by atoms with Crippen molar-refractivity contribution in [1.82, 2.24) is 19.7 Å². The lowest BCUT2D eigenvalue weighted by atomic mass is 10.2. The Hall–Kier alpha value is -2.91. The number of thiazole rings is 1.